The second-order valence-corrected chi connectivity index (χ2v) is 4.97. The number of hydrogen-bond donors (Lipinski definition) is 0. The van der Waals surface area contributed by atoms with Gasteiger partial charge in [-0.25, -0.2) is 8.42 Å². The zero-order valence-corrected chi connectivity index (χ0v) is 15.1. The Morgan fingerprint density at radius 2 is 1.74 bits per heavy atom. The molecule has 0 aliphatic rings. The molecule has 0 heterocycles. The maximum absolute atomic E-state index is 10.4. The van der Waals surface area contributed by atoms with Gasteiger partial charge in [-0.1, -0.05) is 0 Å². The molecular formula is C11H14KNO5S. The molecule has 100 valence electrons. The van der Waals surface area contributed by atoms with E-state index in [2.05, 4.69) is 4.99 Å². The minimum atomic E-state index is -4.22. The first-order valence-corrected chi connectivity index (χ1v) is 6.69. The van der Waals surface area contributed by atoms with Crippen molar-refractivity contribution in [1.29, 1.82) is 0 Å². The molecule has 0 atom stereocenters. The molecule has 1 aromatic carbocycles. The standard InChI is InChI=1S/C11H15NO5S.K/c1-16-10-5-9(6-11(7-10)17-2)8-12-3-4-18(13,14)15;/h5-8H,3-4H2,1-2H3,(H,13,14,15);/q;+1/p-1. The number of benzene rings is 1. The Labute approximate surface area is 155 Å². The Morgan fingerprint density at radius 3 is 2.16 bits per heavy atom. The topological polar surface area (TPSA) is 88.0 Å². The van der Waals surface area contributed by atoms with Crippen LogP contribution < -0.4 is 60.9 Å². The number of aliphatic imine (C=N–C) groups is 1. The van der Waals surface area contributed by atoms with E-state index in [0.717, 1.165) is 0 Å². The van der Waals surface area contributed by atoms with E-state index in [9.17, 15) is 13.0 Å². The van der Waals surface area contributed by atoms with Gasteiger partial charge in [0.05, 0.1) is 36.6 Å². The van der Waals surface area contributed by atoms with Crippen molar-refractivity contribution in [3.63, 3.8) is 0 Å². The molecule has 0 unspecified atom stereocenters. The SMILES string of the molecule is COc1cc(C=NCCS(=O)(=O)[O-])cc(OC)c1.[K+]. The molecule has 0 aromatic heterocycles. The largest absolute Gasteiger partial charge is 1.00 e. The molecule has 0 N–H and O–H groups in total. The van der Waals surface area contributed by atoms with Crippen LogP contribution in [-0.4, -0.2) is 45.7 Å². The maximum Gasteiger partial charge on any atom is 1.00 e. The monoisotopic (exact) mass is 311 g/mol. The van der Waals surface area contributed by atoms with E-state index in [0.29, 0.717) is 17.1 Å². The molecule has 8 heteroatoms. The van der Waals surface area contributed by atoms with Crippen molar-refractivity contribution in [2.24, 2.45) is 4.99 Å². The molecule has 6 nitrogen and oxygen atoms in total. The van der Waals surface area contributed by atoms with Gasteiger partial charge in [-0.3, -0.25) is 4.99 Å². The minimum absolute atomic E-state index is 0. The van der Waals surface area contributed by atoms with Crippen molar-refractivity contribution in [1.82, 2.24) is 0 Å². The number of methoxy groups -OCH3 is 2. The molecule has 1 rings (SSSR count). The summed E-state index contributed by atoms with van der Waals surface area (Å²) in [5, 5.41) is 0. The van der Waals surface area contributed by atoms with Crippen molar-refractivity contribution in [3.05, 3.63) is 23.8 Å². The average molecular weight is 311 g/mol. The third-order valence-corrected chi connectivity index (χ3v) is 2.77. The van der Waals surface area contributed by atoms with Crippen LogP contribution in [-0.2, 0) is 10.1 Å². The second-order valence-electron chi connectivity index (χ2n) is 3.44. The van der Waals surface area contributed by atoms with Gasteiger partial charge >= 0.3 is 51.4 Å². The fourth-order valence-corrected chi connectivity index (χ4v) is 1.57. The van der Waals surface area contributed by atoms with Crippen LogP contribution in [0.15, 0.2) is 23.2 Å². The fraction of sp³-hybridized carbons (Fsp3) is 0.364. The predicted molar refractivity (Wildman–Crippen MR) is 66.6 cm³/mol. The normalized spacial score (nSPS) is 11.1. The van der Waals surface area contributed by atoms with Gasteiger partial charge in [0.25, 0.3) is 0 Å². The van der Waals surface area contributed by atoms with Crippen LogP contribution in [0.2, 0.25) is 0 Å². The quantitative estimate of drug-likeness (QED) is 0.334. The van der Waals surface area contributed by atoms with Crippen LogP contribution >= 0.6 is 0 Å². The van der Waals surface area contributed by atoms with Crippen LogP contribution in [0.4, 0.5) is 0 Å². The molecule has 0 fully saturated rings. The predicted octanol–water partition coefficient (Wildman–Crippen LogP) is -2.33. The molecule has 0 aliphatic carbocycles. The van der Waals surface area contributed by atoms with Gasteiger partial charge in [0, 0.05) is 12.3 Å². The van der Waals surface area contributed by atoms with Crippen molar-refractivity contribution in [2.75, 3.05) is 26.5 Å². The van der Waals surface area contributed by atoms with Crippen molar-refractivity contribution < 1.29 is 73.8 Å². The van der Waals surface area contributed by atoms with Gasteiger partial charge in [0.2, 0.25) is 0 Å². The van der Waals surface area contributed by atoms with Gasteiger partial charge in [-0.15, -0.1) is 0 Å². The Hall–Kier alpha value is 0.0364. The van der Waals surface area contributed by atoms with Crippen molar-refractivity contribution in [3.8, 4) is 11.5 Å². The van der Waals surface area contributed by atoms with E-state index in [4.69, 9.17) is 9.47 Å². The molecule has 0 bridgehead atoms. The molecule has 0 saturated heterocycles. The van der Waals surface area contributed by atoms with Crippen LogP contribution in [0.1, 0.15) is 5.56 Å². The zero-order valence-electron chi connectivity index (χ0n) is 11.1. The Morgan fingerprint density at radius 1 is 1.21 bits per heavy atom. The van der Waals surface area contributed by atoms with E-state index < -0.39 is 15.9 Å². The summed E-state index contributed by atoms with van der Waals surface area (Å²) in [4.78, 5) is 3.86. The molecule has 19 heavy (non-hydrogen) atoms. The van der Waals surface area contributed by atoms with E-state index >= 15 is 0 Å². The number of ether oxygens (including phenoxy) is 2. The van der Waals surface area contributed by atoms with Crippen molar-refractivity contribution in [2.45, 2.75) is 0 Å². The number of hydrogen-bond acceptors (Lipinski definition) is 6. The molecular weight excluding hydrogens is 297 g/mol. The van der Waals surface area contributed by atoms with E-state index in [1.54, 1.807) is 18.2 Å². The third kappa shape index (κ3) is 8.03. The first-order valence-electron chi connectivity index (χ1n) is 5.11. The van der Waals surface area contributed by atoms with Gasteiger partial charge in [0.1, 0.15) is 11.5 Å². The van der Waals surface area contributed by atoms with Crippen molar-refractivity contribution >= 4 is 16.3 Å². The summed E-state index contributed by atoms with van der Waals surface area (Å²) < 4.78 is 41.3. The van der Waals surface area contributed by atoms with Gasteiger partial charge < -0.3 is 14.0 Å². The third-order valence-electron chi connectivity index (χ3n) is 2.08. The molecule has 1 aromatic rings. The Bertz CT molecular complexity index is 508. The number of nitrogens with zero attached hydrogens (tertiary/aromatic N) is 1. The van der Waals surface area contributed by atoms with E-state index in [1.807, 2.05) is 0 Å². The fourth-order valence-electron chi connectivity index (χ4n) is 1.24. The smallest absolute Gasteiger partial charge is 0.748 e. The van der Waals surface area contributed by atoms with E-state index in [-0.39, 0.29) is 57.9 Å². The van der Waals surface area contributed by atoms with E-state index in [1.165, 1.54) is 20.4 Å². The first kappa shape index (κ1) is 19.0. The molecule has 0 aliphatic heterocycles. The summed E-state index contributed by atoms with van der Waals surface area (Å²) in [7, 11) is -1.16. The molecule has 0 amide bonds. The summed E-state index contributed by atoms with van der Waals surface area (Å²) >= 11 is 0. The maximum atomic E-state index is 10.4. The van der Waals surface area contributed by atoms with Gasteiger partial charge in [-0.05, 0) is 17.7 Å². The molecule has 0 spiro atoms. The summed E-state index contributed by atoms with van der Waals surface area (Å²) in [6.07, 6.45) is 1.47. The summed E-state index contributed by atoms with van der Waals surface area (Å²) in [6.45, 7) is -0.0641. The number of rotatable bonds is 6. The summed E-state index contributed by atoms with van der Waals surface area (Å²) in [6, 6.07) is 5.15. The zero-order chi connectivity index (χ0) is 13.6. The van der Waals surface area contributed by atoms with Crippen LogP contribution in [0.3, 0.4) is 0 Å². The average Bonchev–Trinajstić information content (AvgIpc) is 2.33. The minimum Gasteiger partial charge on any atom is -0.748 e. The van der Waals surface area contributed by atoms with Crippen LogP contribution in [0.25, 0.3) is 0 Å². The second kappa shape index (κ2) is 9.06. The Kier molecular flexibility index (Phi) is 9.08. The van der Waals surface area contributed by atoms with Gasteiger partial charge in [-0.2, -0.15) is 0 Å². The molecule has 0 saturated carbocycles. The van der Waals surface area contributed by atoms with Gasteiger partial charge in [0.15, 0.2) is 0 Å². The first-order chi connectivity index (χ1) is 8.44. The summed E-state index contributed by atoms with van der Waals surface area (Å²) in [5.41, 5.74) is 0.703. The van der Waals surface area contributed by atoms with Crippen LogP contribution in [0, 0.1) is 0 Å². The Balaban J connectivity index is 0.00000324. The summed E-state index contributed by atoms with van der Waals surface area (Å²) in [5.74, 6) is 0.699. The molecule has 0 radical (unpaired) electrons. The van der Waals surface area contributed by atoms with Crippen LogP contribution in [0.5, 0.6) is 11.5 Å².